The standard InChI is InChI=1S/C38H40N2O3/c41-37(38(34-15-20-39-27-34,32-7-3-1-4-8-32)33-9-5-2-6-10-33)40(21-16-28-11-13-35-30(25-28)18-23-42-35)22-17-29-12-14-36-31(26-29)19-24-43-36/h1-14,25-26,34,39H,15-24,27H2/t34-/m1/s1. The summed E-state index contributed by atoms with van der Waals surface area (Å²) < 4.78 is 11.5. The zero-order chi connectivity index (χ0) is 29.1. The number of carbonyl (C=O) groups is 1. The summed E-state index contributed by atoms with van der Waals surface area (Å²) in [6, 6.07) is 34.1. The SMILES string of the molecule is O=C(N(CCc1ccc2c(c1)CCO2)CCc1ccc2c(c1)CCO2)C(c1ccccc1)(c1ccccc1)[C@@H]1CCNC1. The normalized spacial score (nSPS) is 17.2. The van der Waals surface area contributed by atoms with Crippen molar-refractivity contribution in [2.24, 2.45) is 5.92 Å². The Morgan fingerprint density at radius 1 is 0.744 bits per heavy atom. The van der Waals surface area contributed by atoms with Crippen molar-refractivity contribution in [3.8, 4) is 11.5 Å². The second-order valence-electron chi connectivity index (χ2n) is 12.1. The molecule has 1 amide bonds. The van der Waals surface area contributed by atoms with E-state index >= 15 is 4.79 Å². The van der Waals surface area contributed by atoms with Gasteiger partial charge in [-0.05, 0) is 83.8 Å². The summed E-state index contributed by atoms with van der Waals surface area (Å²) in [6.07, 6.45) is 4.47. The van der Waals surface area contributed by atoms with Crippen molar-refractivity contribution in [3.63, 3.8) is 0 Å². The van der Waals surface area contributed by atoms with Crippen molar-refractivity contribution in [2.45, 2.75) is 37.5 Å². The number of hydrogen-bond donors (Lipinski definition) is 1. The second-order valence-corrected chi connectivity index (χ2v) is 12.1. The summed E-state index contributed by atoms with van der Waals surface area (Å²) in [5, 5.41) is 3.58. The molecule has 0 unspecified atom stereocenters. The Balaban J connectivity index is 1.26. The van der Waals surface area contributed by atoms with E-state index in [1.54, 1.807) is 0 Å². The fraction of sp³-hybridized carbons (Fsp3) is 0.342. The number of hydrogen-bond acceptors (Lipinski definition) is 4. The quantitative estimate of drug-likeness (QED) is 0.262. The minimum atomic E-state index is -0.774. The van der Waals surface area contributed by atoms with Gasteiger partial charge in [0.05, 0.1) is 13.2 Å². The third-order valence-electron chi connectivity index (χ3n) is 9.60. The Morgan fingerprint density at radius 3 is 1.77 bits per heavy atom. The Bertz CT molecular complexity index is 1460. The topological polar surface area (TPSA) is 50.8 Å². The Kier molecular flexibility index (Phi) is 7.90. The molecule has 5 heteroatoms. The van der Waals surface area contributed by atoms with Crippen molar-refractivity contribution in [3.05, 3.63) is 130 Å². The smallest absolute Gasteiger partial charge is 0.238 e. The molecule has 3 aliphatic heterocycles. The number of nitrogens with one attached hydrogen (secondary N) is 1. The molecule has 0 bridgehead atoms. The average Bonchev–Trinajstić information content (AvgIpc) is 3.85. The molecule has 0 spiro atoms. The molecule has 5 nitrogen and oxygen atoms in total. The maximum Gasteiger partial charge on any atom is 0.238 e. The van der Waals surface area contributed by atoms with Gasteiger partial charge in [0.2, 0.25) is 5.91 Å². The first-order chi connectivity index (χ1) is 21.2. The number of benzene rings is 4. The van der Waals surface area contributed by atoms with Crippen LogP contribution in [-0.4, -0.2) is 50.2 Å². The lowest BCUT2D eigenvalue weighted by Gasteiger charge is -2.42. The van der Waals surface area contributed by atoms with E-state index in [1.165, 1.54) is 22.3 Å². The molecule has 0 radical (unpaired) electrons. The van der Waals surface area contributed by atoms with Crippen LogP contribution >= 0.6 is 0 Å². The lowest BCUT2D eigenvalue weighted by atomic mass is 9.64. The number of nitrogens with zero attached hydrogens (tertiary/aromatic N) is 1. The van der Waals surface area contributed by atoms with Crippen LogP contribution < -0.4 is 14.8 Å². The van der Waals surface area contributed by atoms with E-state index in [9.17, 15) is 0 Å². The molecule has 1 N–H and O–H groups in total. The molecule has 3 heterocycles. The van der Waals surface area contributed by atoms with Crippen LogP contribution in [0.25, 0.3) is 0 Å². The van der Waals surface area contributed by atoms with Crippen molar-refractivity contribution in [2.75, 3.05) is 39.4 Å². The summed E-state index contributed by atoms with van der Waals surface area (Å²) in [7, 11) is 0. The van der Waals surface area contributed by atoms with Crippen LogP contribution in [0.3, 0.4) is 0 Å². The summed E-state index contributed by atoms with van der Waals surface area (Å²) >= 11 is 0. The molecule has 0 saturated carbocycles. The molecule has 0 aliphatic carbocycles. The highest BCUT2D eigenvalue weighted by atomic mass is 16.5. The summed E-state index contributed by atoms with van der Waals surface area (Å²) in [6.45, 7) is 4.57. The molecule has 43 heavy (non-hydrogen) atoms. The number of ether oxygens (including phenoxy) is 2. The van der Waals surface area contributed by atoms with Crippen LogP contribution in [0.15, 0.2) is 97.1 Å². The van der Waals surface area contributed by atoms with Crippen LogP contribution in [0.1, 0.15) is 39.8 Å². The molecule has 220 valence electrons. The van der Waals surface area contributed by atoms with Gasteiger partial charge >= 0.3 is 0 Å². The highest BCUT2D eigenvalue weighted by molar-refractivity contribution is 5.93. The van der Waals surface area contributed by atoms with E-state index in [4.69, 9.17) is 9.47 Å². The molecule has 0 aromatic heterocycles. The Morgan fingerprint density at radius 2 is 1.28 bits per heavy atom. The maximum atomic E-state index is 15.4. The fourth-order valence-electron chi connectivity index (χ4n) is 7.37. The number of carbonyl (C=O) groups excluding carboxylic acids is 1. The number of rotatable bonds is 10. The zero-order valence-corrected chi connectivity index (χ0v) is 24.8. The molecule has 7 rings (SSSR count). The highest BCUT2D eigenvalue weighted by Gasteiger charge is 2.51. The van der Waals surface area contributed by atoms with E-state index in [0.29, 0.717) is 13.1 Å². The van der Waals surface area contributed by atoms with Gasteiger partial charge in [-0.15, -0.1) is 0 Å². The summed E-state index contributed by atoms with van der Waals surface area (Å²) in [4.78, 5) is 17.6. The van der Waals surface area contributed by atoms with Gasteiger partial charge in [-0.2, -0.15) is 0 Å². The molecule has 3 aliphatic rings. The van der Waals surface area contributed by atoms with Crippen LogP contribution in [0.2, 0.25) is 0 Å². The zero-order valence-electron chi connectivity index (χ0n) is 24.8. The predicted molar refractivity (Wildman–Crippen MR) is 170 cm³/mol. The van der Waals surface area contributed by atoms with Crippen LogP contribution in [-0.2, 0) is 35.9 Å². The average molecular weight is 573 g/mol. The van der Waals surface area contributed by atoms with E-state index in [1.807, 2.05) is 12.1 Å². The molecular formula is C38H40N2O3. The molecule has 1 fully saturated rings. The summed E-state index contributed by atoms with van der Waals surface area (Å²) in [5.41, 5.74) is 6.44. The van der Waals surface area contributed by atoms with E-state index in [0.717, 1.165) is 81.0 Å². The van der Waals surface area contributed by atoms with E-state index in [-0.39, 0.29) is 11.8 Å². The number of amides is 1. The van der Waals surface area contributed by atoms with Gasteiger partial charge in [0.1, 0.15) is 16.9 Å². The van der Waals surface area contributed by atoms with Crippen LogP contribution in [0.5, 0.6) is 11.5 Å². The summed E-state index contributed by atoms with van der Waals surface area (Å²) in [5.74, 6) is 2.35. The minimum absolute atomic E-state index is 0.154. The van der Waals surface area contributed by atoms with Crippen LogP contribution in [0.4, 0.5) is 0 Å². The second kappa shape index (κ2) is 12.3. The first-order valence-electron chi connectivity index (χ1n) is 15.8. The minimum Gasteiger partial charge on any atom is -0.493 e. The van der Waals surface area contributed by atoms with Gasteiger partial charge in [-0.3, -0.25) is 4.79 Å². The molecule has 1 saturated heterocycles. The molecule has 4 aromatic rings. The van der Waals surface area contributed by atoms with Gasteiger partial charge in [-0.25, -0.2) is 0 Å². The largest absolute Gasteiger partial charge is 0.493 e. The van der Waals surface area contributed by atoms with Crippen molar-refractivity contribution < 1.29 is 14.3 Å². The molecule has 4 aromatic carbocycles. The molecule has 1 atom stereocenters. The van der Waals surface area contributed by atoms with E-state index < -0.39 is 5.41 Å². The molecular weight excluding hydrogens is 532 g/mol. The van der Waals surface area contributed by atoms with Crippen LogP contribution in [0, 0.1) is 5.92 Å². The van der Waals surface area contributed by atoms with Gasteiger partial charge in [0, 0.05) is 25.9 Å². The van der Waals surface area contributed by atoms with Crippen molar-refractivity contribution in [1.29, 1.82) is 0 Å². The van der Waals surface area contributed by atoms with Gasteiger partial charge in [0.15, 0.2) is 0 Å². The Hall–Kier alpha value is -4.09. The monoisotopic (exact) mass is 572 g/mol. The highest BCUT2D eigenvalue weighted by Crippen LogP contribution is 2.44. The van der Waals surface area contributed by atoms with Crippen molar-refractivity contribution >= 4 is 5.91 Å². The van der Waals surface area contributed by atoms with Gasteiger partial charge in [-0.1, -0.05) is 84.9 Å². The first kappa shape index (κ1) is 27.7. The lowest BCUT2D eigenvalue weighted by Crippen LogP contribution is -2.53. The number of fused-ring (bicyclic) bond motifs is 2. The lowest BCUT2D eigenvalue weighted by molar-refractivity contribution is -0.137. The Labute approximate surface area is 254 Å². The van der Waals surface area contributed by atoms with Gasteiger partial charge < -0.3 is 19.7 Å². The third-order valence-corrected chi connectivity index (χ3v) is 9.60. The first-order valence-corrected chi connectivity index (χ1v) is 15.8. The maximum absolute atomic E-state index is 15.4. The third kappa shape index (κ3) is 5.43. The van der Waals surface area contributed by atoms with Gasteiger partial charge in [0.25, 0.3) is 0 Å². The fourth-order valence-corrected chi connectivity index (χ4v) is 7.37. The van der Waals surface area contributed by atoms with E-state index in [2.05, 4.69) is 95.1 Å². The van der Waals surface area contributed by atoms with Crippen molar-refractivity contribution in [1.82, 2.24) is 10.2 Å². The predicted octanol–water partition coefficient (Wildman–Crippen LogP) is 5.77.